The van der Waals surface area contributed by atoms with Crippen molar-refractivity contribution >= 4 is 17.4 Å². The summed E-state index contributed by atoms with van der Waals surface area (Å²) in [7, 11) is 0. The molecule has 0 amide bonds. The Kier molecular flexibility index (Phi) is 7.79. The number of halogens is 1. The van der Waals surface area contributed by atoms with E-state index < -0.39 is 0 Å². The molecule has 0 saturated carbocycles. The molecule has 4 nitrogen and oxygen atoms in total. The molecule has 0 radical (unpaired) electrons. The van der Waals surface area contributed by atoms with Crippen LogP contribution in [0.25, 0.3) is 0 Å². The number of rotatable bonds is 9. The Morgan fingerprint density at radius 3 is 2.84 bits per heavy atom. The van der Waals surface area contributed by atoms with Crippen LogP contribution in [0.15, 0.2) is 12.1 Å². The van der Waals surface area contributed by atoms with Crippen LogP contribution in [0.4, 0.5) is 5.82 Å². The highest BCUT2D eigenvalue weighted by Crippen LogP contribution is 2.18. The number of ether oxygens (including phenoxy) is 1. The lowest BCUT2D eigenvalue weighted by atomic mass is 10.1. The van der Waals surface area contributed by atoms with Crippen molar-refractivity contribution in [1.29, 1.82) is 0 Å². The molecule has 0 aromatic carbocycles. The number of nitrogens with one attached hydrogen (secondary N) is 1. The van der Waals surface area contributed by atoms with Gasteiger partial charge in [0.05, 0.1) is 23.4 Å². The highest BCUT2D eigenvalue weighted by atomic mass is 35.5. The van der Waals surface area contributed by atoms with Crippen LogP contribution in [0.5, 0.6) is 0 Å². The maximum absolute atomic E-state index is 6.07. The second-order valence-electron chi connectivity index (χ2n) is 4.74. The van der Waals surface area contributed by atoms with Gasteiger partial charge in [-0.25, -0.2) is 10.8 Å². The van der Waals surface area contributed by atoms with Crippen LogP contribution in [0.2, 0.25) is 5.02 Å². The monoisotopic (exact) mass is 285 g/mol. The van der Waals surface area contributed by atoms with Gasteiger partial charge in [0.15, 0.2) is 0 Å². The van der Waals surface area contributed by atoms with Crippen molar-refractivity contribution in [1.82, 2.24) is 4.98 Å². The van der Waals surface area contributed by atoms with E-state index in [9.17, 15) is 0 Å². The fourth-order valence-electron chi connectivity index (χ4n) is 1.83. The normalized spacial score (nSPS) is 12.4. The van der Waals surface area contributed by atoms with Gasteiger partial charge in [0.25, 0.3) is 0 Å². The minimum Gasteiger partial charge on any atom is -0.372 e. The van der Waals surface area contributed by atoms with Crippen molar-refractivity contribution in [3.63, 3.8) is 0 Å². The summed E-state index contributed by atoms with van der Waals surface area (Å²) in [6, 6.07) is 3.51. The van der Waals surface area contributed by atoms with E-state index in [4.69, 9.17) is 22.2 Å². The van der Waals surface area contributed by atoms with Crippen LogP contribution in [0.3, 0.4) is 0 Å². The first kappa shape index (κ1) is 16.2. The lowest BCUT2D eigenvalue weighted by Gasteiger charge is -2.13. The Labute approximate surface area is 120 Å². The van der Waals surface area contributed by atoms with Gasteiger partial charge in [-0.2, -0.15) is 0 Å². The van der Waals surface area contributed by atoms with Crippen molar-refractivity contribution in [2.24, 2.45) is 5.84 Å². The van der Waals surface area contributed by atoms with Crippen molar-refractivity contribution in [2.45, 2.75) is 58.7 Å². The molecule has 1 heterocycles. The molecule has 0 aliphatic rings. The average Bonchev–Trinajstić information content (AvgIpc) is 2.43. The van der Waals surface area contributed by atoms with Crippen LogP contribution < -0.4 is 11.3 Å². The number of anilines is 1. The average molecular weight is 286 g/mol. The van der Waals surface area contributed by atoms with E-state index in [1.165, 1.54) is 25.7 Å². The molecular weight excluding hydrogens is 262 g/mol. The van der Waals surface area contributed by atoms with Crippen molar-refractivity contribution in [3.8, 4) is 0 Å². The standard InChI is InChI=1S/C14H24ClN3O/c1-3-4-5-6-7-11(2)19-10-13-12(15)8-9-14(17-13)18-16/h8-9,11H,3-7,10,16H2,1-2H3,(H,17,18). The zero-order valence-corrected chi connectivity index (χ0v) is 12.5. The maximum atomic E-state index is 6.07. The summed E-state index contributed by atoms with van der Waals surface area (Å²) in [5.41, 5.74) is 3.23. The molecule has 1 atom stereocenters. The van der Waals surface area contributed by atoms with Gasteiger partial charge in [-0.15, -0.1) is 0 Å². The van der Waals surface area contributed by atoms with Crippen molar-refractivity contribution < 1.29 is 4.74 Å². The zero-order chi connectivity index (χ0) is 14.1. The number of hydrazine groups is 1. The summed E-state index contributed by atoms with van der Waals surface area (Å²) in [6.07, 6.45) is 6.34. The van der Waals surface area contributed by atoms with E-state index in [-0.39, 0.29) is 6.10 Å². The third-order valence-electron chi connectivity index (χ3n) is 3.04. The predicted molar refractivity (Wildman–Crippen MR) is 80.1 cm³/mol. The Hall–Kier alpha value is -0.840. The number of hydrogen-bond acceptors (Lipinski definition) is 4. The van der Waals surface area contributed by atoms with E-state index in [1.807, 2.05) is 0 Å². The minimum atomic E-state index is 0.226. The van der Waals surface area contributed by atoms with Gasteiger partial charge in [-0.1, -0.05) is 44.2 Å². The first-order valence-electron chi connectivity index (χ1n) is 6.91. The number of nitrogens with two attached hydrogens (primary N) is 1. The van der Waals surface area contributed by atoms with Crippen LogP contribution >= 0.6 is 11.6 Å². The third kappa shape index (κ3) is 6.23. The van der Waals surface area contributed by atoms with E-state index in [1.54, 1.807) is 12.1 Å². The van der Waals surface area contributed by atoms with E-state index in [2.05, 4.69) is 24.3 Å². The van der Waals surface area contributed by atoms with Gasteiger partial charge in [0.2, 0.25) is 0 Å². The number of aromatic nitrogens is 1. The molecule has 108 valence electrons. The lowest BCUT2D eigenvalue weighted by Crippen LogP contribution is -2.12. The summed E-state index contributed by atoms with van der Waals surface area (Å²) in [5, 5.41) is 0.609. The summed E-state index contributed by atoms with van der Waals surface area (Å²) in [6.45, 7) is 4.72. The summed E-state index contributed by atoms with van der Waals surface area (Å²) < 4.78 is 5.77. The molecule has 1 rings (SSSR count). The molecule has 0 aliphatic carbocycles. The van der Waals surface area contributed by atoms with Gasteiger partial charge >= 0.3 is 0 Å². The number of nitrogens with zero attached hydrogens (tertiary/aromatic N) is 1. The van der Waals surface area contributed by atoms with Crippen LogP contribution in [-0.4, -0.2) is 11.1 Å². The third-order valence-corrected chi connectivity index (χ3v) is 3.38. The second-order valence-corrected chi connectivity index (χ2v) is 5.15. The largest absolute Gasteiger partial charge is 0.372 e. The number of hydrogen-bond donors (Lipinski definition) is 2. The molecular formula is C14H24ClN3O. The van der Waals surface area contributed by atoms with Gasteiger partial charge < -0.3 is 10.2 Å². The lowest BCUT2D eigenvalue weighted by molar-refractivity contribution is 0.0441. The molecule has 0 spiro atoms. The molecule has 3 N–H and O–H groups in total. The molecule has 1 aromatic rings. The highest BCUT2D eigenvalue weighted by Gasteiger charge is 2.07. The maximum Gasteiger partial charge on any atom is 0.140 e. The first-order valence-corrected chi connectivity index (χ1v) is 7.28. The summed E-state index contributed by atoms with van der Waals surface area (Å²) >= 11 is 6.07. The minimum absolute atomic E-state index is 0.226. The van der Waals surface area contributed by atoms with Crippen LogP contribution in [-0.2, 0) is 11.3 Å². The summed E-state index contributed by atoms with van der Waals surface area (Å²) in [5.74, 6) is 5.92. The Balaban J connectivity index is 2.34. The van der Waals surface area contributed by atoms with Crippen LogP contribution in [0, 0.1) is 0 Å². The molecule has 0 bridgehead atoms. The van der Waals surface area contributed by atoms with E-state index in [0.29, 0.717) is 17.4 Å². The number of nitrogen functional groups attached to an aromatic ring is 1. The molecule has 0 aliphatic heterocycles. The number of pyridine rings is 1. The van der Waals surface area contributed by atoms with E-state index >= 15 is 0 Å². The molecule has 0 fully saturated rings. The molecule has 1 aromatic heterocycles. The topological polar surface area (TPSA) is 60.2 Å². The first-order chi connectivity index (χ1) is 9.17. The second kappa shape index (κ2) is 9.13. The van der Waals surface area contributed by atoms with Gasteiger partial charge in [0, 0.05) is 0 Å². The summed E-state index contributed by atoms with van der Waals surface area (Å²) in [4.78, 5) is 4.28. The van der Waals surface area contributed by atoms with Gasteiger partial charge in [-0.3, -0.25) is 0 Å². The molecule has 5 heteroatoms. The zero-order valence-electron chi connectivity index (χ0n) is 11.8. The smallest absolute Gasteiger partial charge is 0.140 e. The molecule has 19 heavy (non-hydrogen) atoms. The van der Waals surface area contributed by atoms with E-state index in [0.717, 1.165) is 12.1 Å². The van der Waals surface area contributed by atoms with Crippen molar-refractivity contribution in [3.05, 3.63) is 22.8 Å². The van der Waals surface area contributed by atoms with Gasteiger partial charge in [0.1, 0.15) is 5.82 Å². The number of unbranched alkanes of at least 4 members (excludes halogenated alkanes) is 3. The fourth-order valence-corrected chi connectivity index (χ4v) is 1.99. The Morgan fingerprint density at radius 2 is 2.16 bits per heavy atom. The predicted octanol–water partition coefficient (Wildman–Crippen LogP) is 3.90. The highest BCUT2D eigenvalue weighted by molar-refractivity contribution is 6.31. The Bertz CT molecular complexity index is 374. The Morgan fingerprint density at radius 1 is 1.37 bits per heavy atom. The quantitative estimate of drug-likeness (QED) is 0.410. The fraction of sp³-hybridized carbons (Fsp3) is 0.643. The SMILES string of the molecule is CCCCCCC(C)OCc1nc(NN)ccc1Cl. The van der Waals surface area contributed by atoms with Crippen molar-refractivity contribution in [2.75, 3.05) is 5.43 Å². The molecule has 1 unspecified atom stereocenters. The van der Waals surface area contributed by atoms with Crippen LogP contribution in [0.1, 0.15) is 51.6 Å². The molecule has 0 saturated heterocycles. The van der Waals surface area contributed by atoms with Gasteiger partial charge in [-0.05, 0) is 25.5 Å².